The number of nitrogens with zero attached hydrogens (tertiary/aromatic N) is 1. The number of amidine groups is 1. The Kier molecular flexibility index (Phi) is 4.09. The molecule has 0 unspecified atom stereocenters. The van der Waals surface area contributed by atoms with Crippen LogP contribution in [-0.2, 0) is 0 Å². The molecule has 0 radical (unpaired) electrons. The van der Waals surface area contributed by atoms with Gasteiger partial charge in [-0.1, -0.05) is 21.1 Å². The standard InChI is InChI=1S/C13H12BrN3O3/c1-7-9(4-5-20-7)13(18)16-11-3-2-8(14)6-10(11)12(15)17-19/h2-6,19H,1H3,(H2,15,17)(H,16,18). The average molecular weight is 338 g/mol. The fourth-order valence-electron chi connectivity index (χ4n) is 1.70. The van der Waals surface area contributed by atoms with Crippen LogP contribution in [0.1, 0.15) is 21.7 Å². The van der Waals surface area contributed by atoms with Crippen molar-refractivity contribution in [2.45, 2.75) is 6.92 Å². The molecule has 1 amide bonds. The molecule has 6 nitrogen and oxygen atoms in total. The third-order valence-corrected chi connectivity index (χ3v) is 3.21. The van der Waals surface area contributed by atoms with Gasteiger partial charge in [0.25, 0.3) is 5.91 Å². The van der Waals surface area contributed by atoms with Crippen LogP contribution in [0.2, 0.25) is 0 Å². The van der Waals surface area contributed by atoms with Crippen molar-refractivity contribution in [1.29, 1.82) is 0 Å². The minimum Gasteiger partial charge on any atom is -0.469 e. The lowest BCUT2D eigenvalue weighted by Crippen LogP contribution is -2.19. The molecule has 2 rings (SSSR count). The minimum absolute atomic E-state index is 0.0921. The molecular formula is C13H12BrN3O3. The van der Waals surface area contributed by atoms with Crippen LogP contribution in [-0.4, -0.2) is 17.0 Å². The first kappa shape index (κ1) is 14.1. The molecule has 1 aromatic carbocycles. The van der Waals surface area contributed by atoms with Gasteiger partial charge in [0.05, 0.1) is 17.5 Å². The number of anilines is 1. The molecule has 0 aliphatic heterocycles. The monoisotopic (exact) mass is 337 g/mol. The predicted molar refractivity (Wildman–Crippen MR) is 78.1 cm³/mol. The van der Waals surface area contributed by atoms with E-state index in [1.807, 2.05) is 0 Å². The molecule has 104 valence electrons. The zero-order valence-corrected chi connectivity index (χ0v) is 12.1. The van der Waals surface area contributed by atoms with Crippen molar-refractivity contribution in [3.63, 3.8) is 0 Å². The largest absolute Gasteiger partial charge is 0.469 e. The van der Waals surface area contributed by atoms with Gasteiger partial charge in [0.1, 0.15) is 5.76 Å². The van der Waals surface area contributed by atoms with Crippen molar-refractivity contribution >= 4 is 33.4 Å². The van der Waals surface area contributed by atoms with Crippen molar-refractivity contribution < 1.29 is 14.4 Å². The van der Waals surface area contributed by atoms with Crippen LogP contribution in [0, 0.1) is 6.92 Å². The summed E-state index contributed by atoms with van der Waals surface area (Å²) >= 11 is 3.29. The van der Waals surface area contributed by atoms with Gasteiger partial charge in [-0.2, -0.15) is 0 Å². The fourth-order valence-corrected chi connectivity index (χ4v) is 2.06. The minimum atomic E-state index is -0.328. The number of carbonyl (C=O) groups excluding carboxylic acids is 1. The van der Waals surface area contributed by atoms with Crippen LogP contribution in [0.3, 0.4) is 0 Å². The molecule has 7 heteroatoms. The zero-order valence-electron chi connectivity index (χ0n) is 10.6. The highest BCUT2D eigenvalue weighted by Crippen LogP contribution is 2.22. The van der Waals surface area contributed by atoms with E-state index in [0.717, 1.165) is 4.47 Å². The predicted octanol–water partition coefficient (Wildman–Crippen LogP) is 2.70. The topological polar surface area (TPSA) is 101 Å². The van der Waals surface area contributed by atoms with E-state index >= 15 is 0 Å². The Balaban J connectivity index is 2.35. The number of nitrogens with one attached hydrogen (secondary N) is 1. The number of nitrogens with two attached hydrogens (primary N) is 1. The van der Waals surface area contributed by atoms with E-state index in [1.54, 1.807) is 31.2 Å². The Morgan fingerprint density at radius 1 is 1.40 bits per heavy atom. The Morgan fingerprint density at radius 3 is 2.75 bits per heavy atom. The number of rotatable bonds is 3. The van der Waals surface area contributed by atoms with Gasteiger partial charge in [-0.05, 0) is 31.2 Å². The molecule has 1 aromatic heterocycles. The van der Waals surface area contributed by atoms with Gasteiger partial charge >= 0.3 is 0 Å². The lowest BCUT2D eigenvalue weighted by Gasteiger charge is -2.10. The van der Waals surface area contributed by atoms with E-state index in [4.69, 9.17) is 15.4 Å². The van der Waals surface area contributed by atoms with E-state index in [1.165, 1.54) is 6.26 Å². The summed E-state index contributed by atoms with van der Waals surface area (Å²) in [6, 6.07) is 6.62. The molecule has 0 aliphatic carbocycles. The molecule has 0 bridgehead atoms. The number of hydrogen-bond acceptors (Lipinski definition) is 4. The molecular weight excluding hydrogens is 326 g/mol. The second-order valence-corrected chi connectivity index (χ2v) is 4.94. The Hall–Kier alpha value is -2.28. The summed E-state index contributed by atoms with van der Waals surface area (Å²) in [6.45, 7) is 1.70. The Labute approximate surface area is 123 Å². The second kappa shape index (κ2) is 5.79. The third-order valence-electron chi connectivity index (χ3n) is 2.72. The SMILES string of the molecule is Cc1occc1C(=O)Nc1ccc(Br)cc1/C(N)=N/O. The van der Waals surface area contributed by atoms with Crippen molar-refractivity contribution in [3.05, 3.63) is 51.9 Å². The molecule has 1 heterocycles. The van der Waals surface area contributed by atoms with Crippen molar-refractivity contribution in [2.75, 3.05) is 5.32 Å². The second-order valence-electron chi connectivity index (χ2n) is 4.02. The van der Waals surface area contributed by atoms with Crippen molar-refractivity contribution in [2.24, 2.45) is 10.9 Å². The fraction of sp³-hybridized carbons (Fsp3) is 0.0769. The van der Waals surface area contributed by atoms with Crippen LogP contribution in [0.15, 0.2) is 44.6 Å². The molecule has 20 heavy (non-hydrogen) atoms. The van der Waals surface area contributed by atoms with Crippen molar-refractivity contribution in [3.8, 4) is 0 Å². The van der Waals surface area contributed by atoms with Gasteiger partial charge < -0.3 is 20.7 Å². The van der Waals surface area contributed by atoms with Crippen molar-refractivity contribution in [1.82, 2.24) is 0 Å². The van der Waals surface area contributed by atoms with Gasteiger partial charge in [-0.25, -0.2) is 0 Å². The highest BCUT2D eigenvalue weighted by molar-refractivity contribution is 9.10. The lowest BCUT2D eigenvalue weighted by atomic mass is 10.1. The van der Waals surface area contributed by atoms with Gasteiger partial charge in [0, 0.05) is 10.0 Å². The summed E-state index contributed by atoms with van der Waals surface area (Å²) in [6.07, 6.45) is 1.44. The molecule has 2 aromatic rings. The third kappa shape index (κ3) is 2.83. The van der Waals surface area contributed by atoms with Crippen LogP contribution >= 0.6 is 15.9 Å². The summed E-state index contributed by atoms with van der Waals surface area (Å²) in [4.78, 5) is 12.1. The number of aryl methyl sites for hydroxylation is 1. The number of amides is 1. The summed E-state index contributed by atoms with van der Waals surface area (Å²) < 4.78 is 5.83. The molecule has 0 saturated heterocycles. The highest BCUT2D eigenvalue weighted by Gasteiger charge is 2.15. The summed E-state index contributed by atoms with van der Waals surface area (Å²) in [5, 5.41) is 14.4. The highest BCUT2D eigenvalue weighted by atomic mass is 79.9. The summed E-state index contributed by atoms with van der Waals surface area (Å²) in [7, 11) is 0. The summed E-state index contributed by atoms with van der Waals surface area (Å²) in [5.41, 5.74) is 6.88. The van der Waals surface area contributed by atoms with Gasteiger partial charge in [0.2, 0.25) is 0 Å². The molecule has 4 N–H and O–H groups in total. The molecule has 0 fully saturated rings. The maximum absolute atomic E-state index is 12.1. The van der Waals surface area contributed by atoms with Crippen LogP contribution < -0.4 is 11.1 Å². The van der Waals surface area contributed by atoms with E-state index in [-0.39, 0.29) is 11.7 Å². The quantitative estimate of drug-likeness (QED) is 0.347. The number of benzene rings is 1. The maximum atomic E-state index is 12.1. The molecule has 0 aliphatic rings. The maximum Gasteiger partial charge on any atom is 0.259 e. The van der Waals surface area contributed by atoms with Crippen LogP contribution in [0.25, 0.3) is 0 Å². The normalized spacial score (nSPS) is 11.4. The summed E-state index contributed by atoms with van der Waals surface area (Å²) in [5.74, 6) is 0.0982. The Bertz CT molecular complexity index is 679. The van der Waals surface area contributed by atoms with E-state index in [0.29, 0.717) is 22.6 Å². The number of furan rings is 1. The van der Waals surface area contributed by atoms with Gasteiger partial charge in [0.15, 0.2) is 5.84 Å². The first-order chi connectivity index (χ1) is 9.52. The average Bonchev–Trinajstić information content (AvgIpc) is 2.86. The first-order valence-corrected chi connectivity index (χ1v) is 6.45. The zero-order chi connectivity index (χ0) is 14.7. The van der Waals surface area contributed by atoms with Gasteiger partial charge in [-0.15, -0.1) is 0 Å². The first-order valence-electron chi connectivity index (χ1n) is 5.66. The van der Waals surface area contributed by atoms with E-state index in [2.05, 4.69) is 26.4 Å². The van der Waals surface area contributed by atoms with E-state index < -0.39 is 0 Å². The molecule has 0 atom stereocenters. The smallest absolute Gasteiger partial charge is 0.259 e. The Morgan fingerprint density at radius 2 is 2.15 bits per heavy atom. The van der Waals surface area contributed by atoms with Crippen LogP contribution in [0.4, 0.5) is 5.69 Å². The van der Waals surface area contributed by atoms with E-state index in [9.17, 15) is 4.79 Å². The van der Waals surface area contributed by atoms with Crippen LogP contribution in [0.5, 0.6) is 0 Å². The number of hydrogen-bond donors (Lipinski definition) is 3. The molecule has 0 spiro atoms. The molecule has 0 saturated carbocycles. The number of oxime groups is 1. The lowest BCUT2D eigenvalue weighted by molar-refractivity contribution is 0.102. The number of halogens is 1. The van der Waals surface area contributed by atoms with Gasteiger partial charge in [-0.3, -0.25) is 4.79 Å². The number of carbonyl (C=O) groups is 1.